The smallest absolute Gasteiger partial charge is 0.166 e. The SMILES string of the molecule is CCOC(C)CNC(=S)NCCCOC. The van der Waals surface area contributed by atoms with Crippen molar-refractivity contribution in [2.75, 3.05) is 33.4 Å². The third kappa shape index (κ3) is 9.90. The van der Waals surface area contributed by atoms with Gasteiger partial charge >= 0.3 is 0 Å². The van der Waals surface area contributed by atoms with E-state index >= 15 is 0 Å². The second-order valence-electron chi connectivity index (χ2n) is 3.25. The lowest BCUT2D eigenvalue weighted by molar-refractivity contribution is 0.0794. The molecule has 15 heavy (non-hydrogen) atoms. The Bertz CT molecular complexity index is 168. The fraction of sp³-hybridized carbons (Fsp3) is 0.900. The van der Waals surface area contributed by atoms with Crippen LogP contribution in [0.3, 0.4) is 0 Å². The van der Waals surface area contributed by atoms with Crippen molar-refractivity contribution in [1.29, 1.82) is 0 Å². The van der Waals surface area contributed by atoms with Gasteiger partial charge in [0.2, 0.25) is 0 Å². The van der Waals surface area contributed by atoms with Gasteiger partial charge in [0.05, 0.1) is 6.10 Å². The number of nitrogens with one attached hydrogen (secondary N) is 2. The molecule has 1 unspecified atom stereocenters. The van der Waals surface area contributed by atoms with Crippen LogP contribution in [-0.4, -0.2) is 44.6 Å². The molecule has 0 fully saturated rings. The second-order valence-corrected chi connectivity index (χ2v) is 3.66. The van der Waals surface area contributed by atoms with E-state index in [1.807, 2.05) is 13.8 Å². The van der Waals surface area contributed by atoms with Crippen LogP contribution in [0.25, 0.3) is 0 Å². The molecular formula is C10H22N2O2S. The van der Waals surface area contributed by atoms with Crippen LogP contribution in [0.4, 0.5) is 0 Å². The second kappa shape index (κ2) is 10.1. The summed E-state index contributed by atoms with van der Waals surface area (Å²) in [4.78, 5) is 0. The Labute approximate surface area is 97.7 Å². The van der Waals surface area contributed by atoms with Crippen LogP contribution in [0, 0.1) is 0 Å². The Morgan fingerprint density at radius 2 is 2.13 bits per heavy atom. The van der Waals surface area contributed by atoms with E-state index in [9.17, 15) is 0 Å². The molecule has 0 aliphatic carbocycles. The molecule has 5 heteroatoms. The minimum absolute atomic E-state index is 0.189. The maximum Gasteiger partial charge on any atom is 0.166 e. The average Bonchev–Trinajstić information content (AvgIpc) is 2.22. The fourth-order valence-corrected chi connectivity index (χ4v) is 1.25. The summed E-state index contributed by atoms with van der Waals surface area (Å²) in [5, 5.41) is 6.88. The van der Waals surface area contributed by atoms with Gasteiger partial charge in [-0.2, -0.15) is 0 Å². The molecule has 0 aromatic carbocycles. The van der Waals surface area contributed by atoms with E-state index in [1.165, 1.54) is 0 Å². The summed E-state index contributed by atoms with van der Waals surface area (Å²) < 4.78 is 10.3. The van der Waals surface area contributed by atoms with E-state index in [1.54, 1.807) is 7.11 Å². The van der Waals surface area contributed by atoms with Gasteiger partial charge in [0.25, 0.3) is 0 Å². The predicted octanol–water partition coefficient (Wildman–Crippen LogP) is 0.912. The Morgan fingerprint density at radius 1 is 1.40 bits per heavy atom. The number of methoxy groups -OCH3 is 1. The molecule has 0 saturated carbocycles. The Kier molecular flexibility index (Phi) is 9.88. The van der Waals surface area contributed by atoms with Crippen LogP contribution < -0.4 is 10.6 Å². The van der Waals surface area contributed by atoms with Crippen LogP contribution in [-0.2, 0) is 9.47 Å². The monoisotopic (exact) mass is 234 g/mol. The van der Waals surface area contributed by atoms with Crippen molar-refractivity contribution in [2.45, 2.75) is 26.4 Å². The maximum atomic E-state index is 5.37. The summed E-state index contributed by atoms with van der Waals surface area (Å²) in [7, 11) is 1.69. The largest absolute Gasteiger partial charge is 0.385 e. The van der Waals surface area contributed by atoms with Gasteiger partial charge in [0.1, 0.15) is 0 Å². The summed E-state index contributed by atoms with van der Waals surface area (Å²) in [6, 6.07) is 0. The Hall–Kier alpha value is -0.390. The molecule has 0 rings (SSSR count). The zero-order valence-electron chi connectivity index (χ0n) is 9.84. The van der Waals surface area contributed by atoms with Gasteiger partial charge in [0.15, 0.2) is 5.11 Å². The average molecular weight is 234 g/mol. The molecule has 0 bridgehead atoms. The molecule has 0 amide bonds. The van der Waals surface area contributed by atoms with E-state index in [0.717, 1.165) is 32.7 Å². The minimum Gasteiger partial charge on any atom is -0.385 e. The first-order valence-electron chi connectivity index (χ1n) is 5.33. The topological polar surface area (TPSA) is 42.5 Å². The van der Waals surface area contributed by atoms with E-state index in [0.29, 0.717) is 5.11 Å². The van der Waals surface area contributed by atoms with Gasteiger partial charge in [-0.3, -0.25) is 0 Å². The summed E-state index contributed by atoms with van der Waals surface area (Å²) in [6.07, 6.45) is 1.15. The van der Waals surface area contributed by atoms with Crippen LogP contribution in [0.1, 0.15) is 20.3 Å². The van der Waals surface area contributed by atoms with Crippen molar-refractivity contribution in [3.05, 3.63) is 0 Å². The zero-order valence-corrected chi connectivity index (χ0v) is 10.7. The van der Waals surface area contributed by atoms with Crippen LogP contribution in [0.5, 0.6) is 0 Å². The quantitative estimate of drug-likeness (QED) is 0.483. The summed E-state index contributed by atoms with van der Waals surface area (Å²) in [6.45, 7) is 7.07. The third-order valence-electron chi connectivity index (χ3n) is 1.81. The summed E-state index contributed by atoms with van der Waals surface area (Å²) in [5.41, 5.74) is 0. The van der Waals surface area contributed by atoms with E-state index in [-0.39, 0.29) is 6.10 Å². The first-order chi connectivity index (χ1) is 7.20. The molecule has 4 nitrogen and oxygen atoms in total. The van der Waals surface area contributed by atoms with Gasteiger partial charge < -0.3 is 20.1 Å². The molecule has 0 radical (unpaired) electrons. The number of ether oxygens (including phenoxy) is 2. The van der Waals surface area contributed by atoms with Gasteiger partial charge in [-0.15, -0.1) is 0 Å². The summed E-state index contributed by atoms with van der Waals surface area (Å²) in [5.74, 6) is 0. The Morgan fingerprint density at radius 3 is 2.73 bits per heavy atom. The van der Waals surface area contributed by atoms with Gasteiger partial charge in [-0.1, -0.05) is 0 Å². The van der Waals surface area contributed by atoms with Gasteiger partial charge in [-0.25, -0.2) is 0 Å². The van der Waals surface area contributed by atoms with Crippen molar-refractivity contribution >= 4 is 17.3 Å². The molecule has 0 saturated heterocycles. The first-order valence-corrected chi connectivity index (χ1v) is 5.73. The highest BCUT2D eigenvalue weighted by atomic mass is 32.1. The maximum absolute atomic E-state index is 5.37. The molecule has 90 valence electrons. The molecule has 1 atom stereocenters. The van der Waals surface area contributed by atoms with E-state index in [2.05, 4.69) is 10.6 Å². The third-order valence-corrected chi connectivity index (χ3v) is 2.10. The number of hydrogen-bond acceptors (Lipinski definition) is 3. The number of thiocarbonyl (C=S) groups is 1. The van der Waals surface area contributed by atoms with E-state index < -0.39 is 0 Å². The van der Waals surface area contributed by atoms with Crippen molar-refractivity contribution in [2.24, 2.45) is 0 Å². The van der Waals surface area contributed by atoms with Crippen molar-refractivity contribution < 1.29 is 9.47 Å². The van der Waals surface area contributed by atoms with Crippen LogP contribution in [0.2, 0.25) is 0 Å². The molecule has 2 N–H and O–H groups in total. The molecule has 0 heterocycles. The lowest BCUT2D eigenvalue weighted by atomic mass is 10.4. The standard InChI is InChI=1S/C10H22N2O2S/c1-4-14-9(2)8-12-10(15)11-6-5-7-13-3/h9H,4-8H2,1-3H3,(H2,11,12,15). The fourth-order valence-electron chi connectivity index (χ4n) is 1.06. The highest BCUT2D eigenvalue weighted by Crippen LogP contribution is 1.87. The normalized spacial score (nSPS) is 12.2. The minimum atomic E-state index is 0.189. The van der Waals surface area contributed by atoms with Gasteiger partial charge in [0, 0.05) is 33.4 Å². The molecule has 0 aromatic rings. The molecule has 0 aliphatic heterocycles. The Balaban J connectivity index is 3.32. The molecule has 0 aliphatic rings. The van der Waals surface area contributed by atoms with Crippen LogP contribution >= 0.6 is 12.2 Å². The van der Waals surface area contributed by atoms with Crippen LogP contribution in [0.15, 0.2) is 0 Å². The summed E-state index contributed by atoms with van der Waals surface area (Å²) >= 11 is 5.09. The lowest BCUT2D eigenvalue weighted by Gasteiger charge is -2.14. The highest BCUT2D eigenvalue weighted by Gasteiger charge is 2.01. The highest BCUT2D eigenvalue weighted by molar-refractivity contribution is 7.80. The first kappa shape index (κ1) is 14.6. The predicted molar refractivity (Wildman–Crippen MR) is 66.2 cm³/mol. The van der Waals surface area contributed by atoms with Crippen molar-refractivity contribution in [1.82, 2.24) is 10.6 Å². The lowest BCUT2D eigenvalue weighted by Crippen LogP contribution is -2.40. The molecule has 0 aromatic heterocycles. The zero-order chi connectivity index (χ0) is 11.5. The number of rotatable bonds is 8. The molecule has 0 spiro atoms. The van der Waals surface area contributed by atoms with Crippen molar-refractivity contribution in [3.63, 3.8) is 0 Å². The van der Waals surface area contributed by atoms with Crippen molar-refractivity contribution in [3.8, 4) is 0 Å². The van der Waals surface area contributed by atoms with E-state index in [4.69, 9.17) is 21.7 Å². The van der Waals surface area contributed by atoms with Gasteiger partial charge in [-0.05, 0) is 32.5 Å². The number of hydrogen-bond donors (Lipinski definition) is 2. The molecular weight excluding hydrogens is 212 g/mol.